The summed E-state index contributed by atoms with van der Waals surface area (Å²) in [6.45, 7) is 0.0446. The highest BCUT2D eigenvalue weighted by Gasteiger charge is 2.39. The average molecular weight is 395 g/mol. The second kappa shape index (κ2) is 7.27. The average Bonchev–Trinajstić information content (AvgIpc) is 2.96. The van der Waals surface area contributed by atoms with E-state index in [0.29, 0.717) is 10.6 Å². The van der Waals surface area contributed by atoms with Crippen molar-refractivity contribution >= 4 is 29.4 Å². The molecule has 2 aromatic rings. The van der Waals surface area contributed by atoms with E-state index in [1.54, 1.807) is 12.1 Å². The van der Waals surface area contributed by atoms with Crippen LogP contribution in [0.25, 0.3) is 0 Å². The molecule has 0 fully saturated rings. The molecule has 4 rings (SSSR count). The van der Waals surface area contributed by atoms with E-state index in [-0.39, 0.29) is 42.1 Å². The van der Waals surface area contributed by atoms with Gasteiger partial charge in [0.15, 0.2) is 0 Å². The number of fused-ring (bicyclic) bond motifs is 1. The molecule has 2 heterocycles. The van der Waals surface area contributed by atoms with E-state index in [9.17, 15) is 23.6 Å². The van der Waals surface area contributed by atoms with Crippen LogP contribution in [0.1, 0.15) is 39.1 Å². The van der Waals surface area contributed by atoms with Crippen LogP contribution >= 0.6 is 0 Å². The molecule has 8 nitrogen and oxygen atoms in total. The van der Waals surface area contributed by atoms with Gasteiger partial charge in [0.1, 0.15) is 11.5 Å². The molecule has 0 N–H and O–H groups in total. The predicted molar refractivity (Wildman–Crippen MR) is 96.7 cm³/mol. The lowest BCUT2D eigenvalue weighted by molar-refractivity contribution is -0.160. The summed E-state index contributed by atoms with van der Waals surface area (Å²) in [5, 5.41) is 5.48. The lowest BCUT2D eigenvalue weighted by Crippen LogP contribution is -2.39. The van der Waals surface area contributed by atoms with E-state index in [2.05, 4.69) is 5.10 Å². The monoisotopic (exact) mass is 395 g/mol. The first-order valence-corrected chi connectivity index (χ1v) is 8.76. The van der Waals surface area contributed by atoms with Crippen LogP contribution in [0.5, 0.6) is 0 Å². The number of amides is 3. The number of nitrogens with zero attached hydrogens (tertiary/aromatic N) is 3. The van der Waals surface area contributed by atoms with Gasteiger partial charge in [0, 0.05) is 12.8 Å². The van der Waals surface area contributed by atoms with Crippen LogP contribution in [-0.2, 0) is 21.0 Å². The molecule has 2 aliphatic heterocycles. The zero-order valence-electron chi connectivity index (χ0n) is 15.0. The Morgan fingerprint density at radius 1 is 0.966 bits per heavy atom. The minimum Gasteiger partial charge on any atom is -0.323 e. The number of carbonyl (C=O) groups is 4. The molecular formula is C20H14FN3O5. The Morgan fingerprint density at radius 3 is 2.21 bits per heavy atom. The Kier molecular flexibility index (Phi) is 4.63. The topological polar surface area (TPSA) is 96.3 Å². The van der Waals surface area contributed by atoms with E-state index >= 15 is 0 Å². The van der Waals surface area contributed by atoms with Crippen molar-refractivity contribution in [3.8, 4) is 0 Å². The van der Waals surface area contributed by atoms with Crippen molar-refractivity contribution in [3.05, 3.63) is 71.0 Å². The standard InChI is InChI=1S/C20H14FN3O5/c21-13-7-5-12(6-8-13)11-23-17(25)10-9-16(22-23)20(28)29-24-18(26)14-3-1-2-4-15(14)19(24)27/h1-8H,9-11H2. The van der Waals surface area contributed by atoms with Gasteiger partial charge in [0.05, 0.1) is 17.7 Å². The maximum absolute atomic E-state index is 13.0. The van der Waals surface area contributed by atoms with Crippen LogP contribution in [0.4, 0.5) is 4.39 Å². The lowest BCUT2D eigenvalue weighted by atomic mass is 10.1. The van der Waals surface area contributed by atoms with E-state index in [1.165, 1.54) is 36.4 Å². The molecule has 0 spiro atoms. The smallest absolute Gasteiger partial charge is 0.323 e. The number of carbonyl (C=O) groups excluding carboxylic acids is 4. The number of hydrogen-bond donors (Lipinski definition) is 0. The van der Waals surface area contributed by atoms with Crippen LogP contribution in [0.2, 0.25) is 0 Å². The fourth-order valence-electron chi connectivity index (χ4n) is 3.02. The van der Waals surface area contributed by atoms with E-state index in [1.807, 2.05) is 0 Å². The van der Waals surface area contributed by atoms with Crippen LogP contribution in [0.15, 0.2) is 53.6 Å². The summed E-state index contributed by atoms with van der Waals surface area (Å²) in [6.07, 6.45) is 0.0258. The predicted octanol–water partition coefficient (Wildman–Crippen LogP) is 2.06. The summed E-state index contributed by atoms with van der Waals surface area (Å²) in [6, 6.07) is 11.6. The first-order valence-electron chi connectivity index (χ1n) is 8.76. The molecule has 0 aromatic heterocycles. The third kappa shape index (κ3) is 3.49. The number of hydroxylamine groups is 2. The van der Waals surface area contributed by atoms with Crippen LogP contribution < -0.4 is 0 Å². The molecule has 0 aliphatic carbocycles. The Bertz CT molecular complexity index is 1030. The van der Waals surface area contributed by atoms with Crippen molar-refractivity contribution in [1.29, 1.82) is 0 Å². The van der Waals surface area contributed by atoms with Gasteiger partial charge in [-0.1, -0.05) is 29.3 Å². The minimum atomic E-state index is -0.990. The Balaban J connectivity index is 1.49. The molecule has 3 amide bonds. The number of halogens is 1. The van der Waals surface area contributed by atoms with Gasteiger partial charge in [-0.2, -0.15) is 5.10 Å². The third-order valence-corrected chi connectivity index (χ3v) is 4.52. The van der Waals surface area contributed by atoms with Crippen molar-refractivity contribution in [2.45, 2.75) is 19.4 Å². The first-order chi connectivity index (χ1) is 13.9. The molecule has 0 atom stereocenters. The van der Waals surface area contributed by atoms with Crippen molar-refractivity contribution in [2.24, 2.45) is 5.10 Å². The highest BCUT2D eigenvalue weighted by molar-refractivity contribution is 6.37. The van der Waals surface area contributed by atoms with E-state index in [0.717, 1.165) is 5.01 Å². The number of hydrogen-bond acceptors (Lipinski definition) is 6. The van der Waals surface area contributed by atoms with Crippen molar-refractivity contribution in [3.63, 3.8) is 0 Å². The molecule has 0 unspecified atom stereocenters. The van der Waals surface area contributed by atoms with Gasteiger partial charge >= 0.3 is 5.97 Å². The SMILES string of the molecule is O=C(ON1C(=O)c2ccccc2C1=O)C1=NN(Cc2ccc(F)cc2)C(=O)CC1. The van der Waals surface area contributed by atoms with E-state index < -0.39 is 23.6 Å². The molecule has 2 aliphatic rings. The molecule has 146 valence electrons. The van der Waals surface area contributed by atoms with Gasteiger partial charge in [-0.15, -0.1) is 0 Å². The summed E-state index contributed by atoms with van der Waals surface area (Å²) >= 11 is 0. The van der Waals surface area contributed by atoms with Crippen molar-refractivity contribution < 1.29 is 28.4 Å². The highest BCUT2D eigenvalue weighted by atomic mass is 19.1. The van der Waals surface area contributed by atoms with E-state index in [4.69, 9.17) is 4.84 Å². The summed E-state index contributed by atoms with van der Waals surface area (Å²) in [4.78, 5) is 54.2. The van der Waals surface area contributed by atoms with Gasteiger partial charge in [0.25, 0.3) is 11.8 Å². The van der Waals surface area contributed by atoms with Gasteiger partial charge in [0.2, 0.25) is 5.91 Å². The zero-order valence-corrected chi connectivity index (χ0v) is 15.0. The number of hydrazone groups is 1. The van der Waals surface area contributed by atoms with Gasteiger partial charge in [-0.25, -0.2) is 14.2 Å². The Labute approximate surface area is 164 Å². The van der Waals surface area contributed by atoms with Crippen LogP contribution in [0.3, 0.4) is 0 Å². The molecule has 29 heavy (non-hydrogen) atoms. The first kappa shape index (κ1) is 18.5. The van der Waals surface area contributed by atoms with Crippen molar-refractivity contribution in [2.75, 3.05) is 0 Å². The number of imide groups is 1. The molecule has 0 radical (unpaired) electrons. The van der Waals surface area contributed by atoms with Gasteiger partial charge < -0.3 is 4.84 Å². The quantitative estimate of drug-likeness (QED) is 0.739. The second-order valence-electron chi connectivity index (χ2n) is 6.45. The van der Waals surface area contributed by atoms with Gasteiger partial charge in [-0.05, 0) is 29.8 Å². The second-order valence-corrected chi connectivity index (χ2v) is 6.45. The molecule has 0 saturated carbocycles. The molecular weight excluding hydrogens is 381 g/mol. The molecule has 2 aromatic carbocycles. The summed E-state index contributed by atoms with van der Waals surface area (Å²) in [5.41, 5.74) is 0.815. The maximum atomic E-state index is 13.0. The lowest BCUT2D eigenvalue weighted by Gasteiger charge is -2.23. The third-order valence-electron chi connectivity index (χ3n) is 4.52. The van der Waals surface area contributed by atoms with Crippen LogP contribution in [-0.4, -0.2) is 39.5 Å². The minimum absolute atomic E-state index is 0.0112. The number of benzene rings is 2. The summed E-state index contributed by atoms with van der Waals surface area (Å²) in [7, 11) is 0. The normalized spacial score (nSPS) is 16.0. The van der Waals surface area contributed by atoms with Gasteiger partial charge in [-0.3, -0.25) is 14.4 Å². The molecule has 0 bridgehead atoms. The zero-order chi connectivity index (χ0) is 20.5. The fraction of sp³-hybridized carbons (Fsp3) is 0.150. The van der Waals surface area contributed by atoms with Crippen LogP contribution in [0, 0.1) is 5.82 Å². The summed E-state index contributed by atoms with van der Waals surface area (Å²) in [5.74, 6) is -3.20. The maximum Gasteiger partial charge on any atom is 0.379 e. The van der Waals surface area contributed by atoms with Crippen molar-refractivity contribution in [1.82, 2.24) is 10.1 Å². The highest BCUT2D eigenvalue weighted by Crippen LogP contribution is 2.23. The largest absolute Gasteiger partial charge is 0.379 e. The Morgan fingerprint density at radius 2 is 1.59 bits per heavy atom. The molecule has 9 heteroatoms. The molecule has 0 saturated heterocycles. The summed E-state index contributed by atoms with van der Waals surface area (Å²) < 4.78 is 13.0. The Hall–Kier alpha value is -3.88. The fourth-order valence-corrected chi connectivity index (χ4v) is 3.02. The number of rotatable bonds is 4.